The van der Waals surface area contributed by atoms with Crippen LogP contribution in [0.5, 0.6) is 0 Å². The fraction of sp³-hybridized carbons (Fsp3) is 0.312. The van der Waals surface area contributed by atoms with E-state index in [9.17, 15) is 5.11 Å². The van der Waals surface area contributed by atoms with Crippen LogP contribution in [0.4, 0.5) is 0 Å². The quantitative estimate of drug-likeness (QED) is 0.716. The summed E-state index contributed by atoms with van der Waals surface area (Å²) < 4.78 is 5.45. The largest absolute Gasteiger partial charge is 0.382 e. The fourth-order valence-electron chi connectivity index (χ4n) is 2.40. The van der Waals surface area contributed by atoms with Crippen LogP contribution < -0.4 is 11.1 Å². The summed E-state index contributed by atoms with van der Waals surface area (Å²) in [7, 11) is 1.59. The minimum atomic E-state index is -1.05. The van der Waals surface area contributed by atoms with Crippen molar-refractivity contribution in [3.63, 3.8) is 0 Å². The summed E-state index contributed by atoms with van der Waals surface area (Å²) in [5.41, 5.74) is 6.41. The van der Waals surface area contributed by atoms with Crippen LogP contribution in [-0.2, 0) is 11.2 Å². The van der Waals surface area contributed by atoms with Gasteiger partial charge in [0.15, 0.2) is 5.11 Å². The van der Waals surface area contributed by atoms with Crippen LogP contribution in [0.2, 0.25) is 0 Å². The van der Waals surface area contributed by atoms with E-state index >= 15 is 0 Å². The third kappa shape index (κ3) is 4.14. The monoisotopic (exact) mass is 304 g/mol. The molecule has 2 atom stereocenters. The van der Waals surface area contributed by atoms with Crippen molar-refractivity contribution in [1.82, 2.24) is 5.32 Å². The molecule has 1 aliphatic rings. The lowest BCUT2D eigenvalue weighted by molar-refractivity contribution is -0.0381. The standard InChI is InChI=1S/C16H20N2O2S/c1-20-14-9-13(11-18-15(17)21)7-8-16(14,19)10-12-5-3-2-4-6-12/h2-9,14,19H,10-11H2,1H3,(H3,17,18,21). The second kappa shape index (κ2) is 6.85. The molecule has 5 heteroatoms. The van der Waals surface area contributed by atoms with Gasteiger partial charge < -0.3 is 20.9 Å². The van der Waals surface area contributed by atoms with Crippen LogP contribution in [0.3, 0.4) is 0 Å². The SMILES string of the molecule is COC1C=C(CNC(N)=S)C=CC1(O)Cc1ccccc1. The zero-order valence-electron chi connectivity index (χ0n) is 12.0. The minimum Gasteiger partial charge on any atom is -0.382 e. The Morgan fingerprint density at radius 2 is 2.14 bits per heavy atom. The molecule has 0 saturated carbocycles. The molecule has 0 heterocycles. The first-order valence-corrected chi connectivity index (χ1v) is 7.16. The van der Waals surface area contributed by atoms with E-state index in [1.54, 1.807) is 13.2 Å². The summed E-state index contributed by atoms with van der Waals surface area (Å²) in [4.78, 5) is 0. The first-order valence-electron chi connectivity index (χ1n) is 6.76. The van der Waals surface area contributed by atoms with Crippen molar-refractivity contribution in [2.75, 3.05) is 13.7 Å². The molecular formula is C16H20N2O2S. The fourth-order valence-corrected chi connectivity index (χ4v) is 2.47. The van der Waals surface area contributed by atoms with Crippen molar-refractivity contribution in [1.29, 1.82) is 0 Å². The highest BCUT2D eigenvalue weighted by Gasteiger charge is 2.35. The number of ether oxygens (including phenoxy) is 1. The van der Waals surface area contributed by atoms with E-state index in [4.69, 9.17) is 22.7 Å². The number of methoxy groups -OCH3 is 1. The van der Waals surface area contributed by atoms with Crippen LogP contribution >= 0.6 is 12.2 Å². The van der Waals surface area contributed by atoms with Gasteiger partial charge in [-0.1, -0.05) is 36.4 Å². The van der Waals surface area contributed by atoms with E-state index in [2.05, 4.69) is 5.32 Å². The number of hydrogen-bond donors (Lipinski definition) is 3. The highest BCUT2D eigenvalue weighted by Crippen LogP contribution is 2.27. The Kier molecular flexibility index (Phi) is 5.12. The van der Waals surface area contributed by atoms with Gasteiger partial charge in [0.2, 0.25) is 0 Å². The van der Waals surface area contributed by atoms with Crippen LogP contribution in [0.1, 0.15) is 5.56 Å². The molecule has 0 radical (unpaired) electrons. The van der Waals surface area contributed by atoms with E-state index in [1.165, 1.54) is 0 Å². The molecule has 1 aliphatic carbocycles. The molecule has 21 heavy (non-hydrogen) atoms. The maximum atomic E-state index is 10.9. The average molecular weight is 304 g/mol. The molecule has 4 N–H and O–H groups in total. The van der Waals surface area contributed by atoms with Gasteiger partial charge in [0.25, 0.3) is 0 Å². The van der Waals surface area contributed by atoms with Crippen LogP contribution in [0.15, 0.2) is 54.1 Å². The lowest BCUT2D eigenvalue weighted by Crippen LogP contribution is -2.45. The number of aliphatic hydroxyl groups is 1. The van der Waals surface area contributed by atoms with Crippen LogP contribution in [0, 0.1) is 0 Å². The molecule has 0 spiro atoms. The summed E-state index contributed by atoms with van der Waals surface area (Å²) in [5, 5.41) is 14.0. The molecule has 2 unspecified atom stereocenters. The van der Waals surface area contributed by atoms with Gasteiger partial charge in [-0.3, -0.25) is 0 Å². The number of nitrogens with two attached hydrogens (primary N) is 1. The molecule has 0 amide bonds. The van der Waals surface area contributed by atoms with Crippen molar-refractivity contribution >= 4 is 17.3 Å². The van der Waals surface area contributed by atoms with Gasteiger partial charge in [-0.05, 0) is 35.5 Å². The summed E-state index contributed by atoms with van der Waals surface area (Å²) >= 11 is 4.79. The molecule has 112 valence electrons. The predicted octanol–water partition coefficient (Wildman–Crippen LogP) is 1.30. The first-order chi connectivity index (χ1) is 10.0. The molecule has 0 aliphatic heterocycles. The van der Waals surface area contributed by atoms with E-state index < -0.39 is 11.7 Å². The molecule has 0 saturated heterocycles. The summed E-state index contributed by atoms with van der Waals surface area (Å²) in [6.45, 7) is 0.521. The Morgan fingerprint density at radius 1 is 1.43 bits per heavy atom. The van der Waals surface area contributed by atoms with Gasteiger partial charge in [0.1, 0.15) is 11.7 Å². The van der Waals surface area contributed by atoms with Gasteiger partial charge in [0, 0.05) is 20.1 Å². The normalized spacial score (nSPS) is 24.5. The minimum absolute atomic E-state index is 0.253. The highest BCUT2D eigenvalue weighted by atomic mass is 32.1. The summed E-state index contributed by atoms with van der Waals surface area (Å²) in [5.74, 6) is 0. The number of rotatable bonds is 5. The van der Waals surface area contributed by atoms with Crippen molar-refractivity contribution in [2.45, 2.75) is 18.1 Å². The lowest BCUT2D eigenvalue weighted by atomic mass is 9.84. The molecule has 0 bridgehead atoms. The maximum Gasteiger partial charge on any atom is 0.163 e. The molecule has 0 aromatic heterocycles. The second-order valence-corrected chi connectivity index (χ2v) is 5.54. The Morgan fingerprint density at radius 3 is 2.76 bits per heavy atom. The molecule has 0 fully saturated rings. The zero-order valence-corrected chi connectivity index (χ0v) is 12.8. The predicted molar refractivity (Wildman–Crippen MR) is 87.9 cm³/mol. The smallest absolute Gasteiger partial charge is 0.163 e. The van der Waals surface area contributed by atoms with Gasteiger partial charge in [-0.25, -0.2) is 0 Å². The maximum absolute atomic E-state index is 10.9. The first kappa shape index (κ1) is 15.7. The van der Waals surface area contributed by atoms with E-state index in [-0.39, 0.29) is 5.11 Å². The molecular weight excluding hydrogens is 284 g/mol. The van der Waals surface area contributed by atoms with Gasteiger partial charge in [-0.2, -0.15) is 0 Å². The number of nitrogens with one attached hydrogen (secondary N) is 1. The van der Waals surface area contributed by atoms with Crippen LogP contribution in [-0.4, -0.2) is 35.6 Å². The summed E-state index contributed by atoms with van der Waals surface area (Å²) in [6.07, 6.45) is 5.64. The van der Waals surface area contributed by atoms with E-state index in [1.807, 2.05) is 42.5 Å². The Hall–Kier alpha value is -1.69. The average Bonchev–Trinajstić information content (AvgIpc) is 2.47. The van der Waals surface area contributed by atoms with Gasteiger partial charge in [0.05, 0.1) is 0 Å². The van der Waals surface area contributed by atoms with Gasteiger partial charge >= 0.3 is 0 Å². The molecule has 1 aromatic rings. The lowest BCUT2D eigenvalue weighted by Gasteiger charge is -2.34. The van der Waals surface area contributed by atoms with Crippen molar-refractivity contribution in [3.05, 3.63) is 59.7 Å². The Labute approximate surface area is 130 Å². The molecule has 1 aromatic carbocycles. The molecule has 2 rings (SSSR count). The number of hydrogen-bond acceptors (Lipinski definition) is 3. The van der Waals surface area contributed by atoms with Crippen molar-refractivity contribution < 1.29 is 9.84 Å². The third-order valence-corrected chi connectivity index (χ3v) is 3.64. The third-order valence-electron chi connectivity index (χ3n) is 3.49. The Balaban J connectivity index is 2.11. The van der Waals surface area contributed by atoms with Crippen molar-refractivity contribution in [3.8, 4) is 0 Å². The number of benzene rings is 1. The molecule has 4 nitrogen and oxygen atoms in total. The van der Waals surface area contributed by atoms with Gasteiger partial charge in [-0.15, -0.1) is 0 Å². The second-order valence-electron chi connectivity index (χ2n) is 5.10. The highest BCUT2D eigenvalue weighted by molar-refractivity contribution is 7.80. The summed E-state index contributed by atoms with van der Waals surface area (Å²) in [6, 6.07) is 9.86. The zero-order chi connectivity index (χ0) is 15.3. The Bertz CT molecular complexity index is 557. The van der Waals surface area contributed by atoms with Crippen molar-refractivity contribution in [2.24, 2.45) is 5.73 Å². The van der Waals surface area contributed by atoms with E-state index in [0.29, 0.717) is 13.0 Å². The van der Waals surface area contributed by atoms with Crippen LogP contribution in [0.25, 0.3) is 0 Å². The van der Waals surface area contributed by atoms with E-state index in [0.717, 1.165) is 11.1 Å². The topological polar surface area (TPSA) is 67.5 Å². The number of thiocarbonyl (C=S) groups is 1.